The molecule has 1 radical (unpaired) electrons. The fraction of sp³-hybridized carbons (Fsp3) is 0.381. The second-order valence-corrected chi connectivity index (χ2v) is 9.50. The van der Waals surface area contributed by atoms with Crippen LogP contribution in [0, 0.1) is 0 Å². The van der Waals surface area contributed by atoms with Crippen molar-refractivity contribution in [1.29, 1.82) is 0 Å². The molecule has 1 saturated heterocycles. The number of carbonyl (C=O) groups excluding carboxylic acids is 1. The van der Waals surface area contributed by atoms with Crippen LogP contribution in [0.4, 0.5) is 4.79 Å². The van der Waals surface area contributed by atoms with Crippen molar-refractivity contribution in [3.8, 4) is 0 Å². The summed E-state index contributed by atoms with van der Waals surface area (Å²) >= 11 is 0.0672. The van der Waals surface area contributed by atoms with E-state index in [4.69, 9.17) is 4.74 Å². The number of amides is 1. The van der Waals surface area contributed by atoms with Gasteiger partial charge in [0, 0.05) is 0 Å². The normalized spacial score (nSPS) is 23.8. The zero-order chi connectivity index (χ0) is 17.9. The zero-order valence-corrected chi connectivity index (χ0v) is 16.9. The monoisotopic (exact) mass is 411 g/mol. The van der Waals surface area contributed by atoms with E-state index in [1.165, 1.54) is 15.5 Å². The summed E-state index contributed by atoms with van der Waals surface area (Å²) in [7, 11) is 0. The van der Waals surface area contributed by atoms with Gasteiger partial charge in [-0.3, -0.25) is 0 Å². The molecule has 2 aromatic carbocycles. The third-order valence-corrected chi connectivity index (χ3v) is 8.39. The van der Waals surface area contributed by atoms with Gasteiger partial charge >= 0.3 is 162 Å². The summed E-state index contributed by atoms with van der Waals surface area (Å²) in [5.74, 6) is 0. The minimum atomic E-state index is -0.169. The summed E-state index contributed by atoms with van der Waals surface area (Å²) in [6.07, 6.45) is 0.855. The summed E-state index contributed by atoms with van der Waals surface area (Å²) < 4.78 is 6.77. The van der Waals surface area contributed by atoms with Crippen LogP contribution in [0.1, 0.15) is 30.5 Å². The number of hydrogen-bond donors (Lipinski definition) is 0. The van der Waals surface area contributed by atoms with Crippen LogP contribution in [0.15, 0.2) is 54.6 Å². The van der Waals surface area contributed by atoms with Crippen molar-refractivity contribution in [2.45, 2.75) is 24.2 Å². The maximum atomic E-state index is 12.2. The molecule has 0 aliphatic carbocycles. The first-order chi connectivity index (χ1) is 12.8. The Morgan fingerprint density at radius 3 is 2.65 bits per heavy atom. The van der Waals surface area contributed by atoms with E-state index < -0.39 is 0 Å². The molecular formula is C21H24AsN2O2. The Kier molecular flexibility index (Phi) is 5.33. The fourth-order valence-electron chi connectivity index (χ4n) is 3.95. The van der Waals surface area contributed by atoms with Gasteiger partial charge in [0.1, 0.15) is 0 Å². The van der Waals surface area contributed by atoms with E-state index in [1.54, 1.807) is 0 Å². The van der Waals surface area contributed by atoms with Crippen molar-refractivity contribution in [3.05, 3.63) is 65.7 Å². The van der Waals surface area contributed by atoms with Gasteiger partial charge in [0.2, 0.25) is 0 Å². The van der Waals surface area contributed by atoms with Gasteiger partial charge in [0.25, 0.3) is 0 Å². The van der Waals surface area contributed by atoms with Crippen molar-refractivity contribution < 1.29 is 9.53 Å². The first-order valence-corrected chi connectivity index (χ1v) is 11.3. The Balaban J connectivity index is 1.67. The molecule has 4 rings (SSSR count). The number of fused-ring (bicyclic) bond motifs is 2. The maximum absolute atomic E-state index is 12.2. The van der Waals surface area contributed by atoms with Crippen LogP contribution in [0.3, 0.4) is 0 Å². The molecule has 0 saturated carbocycles. The molecule has 2 heterocycles. The van der Waals surface area contributed by atoms with Crippen molar-refractivity contribution in [2.24, 2.45) is 0 Å². The summed E-state index contributed by atoms with van der Waals surface area (Å²) in [5, 5.41) is 0. The van der Waals surface area contributed by atoms with E-state index in [-0.39, 0.29) is 27.9 Å². The van der Waals surface area contributed by atoms with Crippen molar-refractivity contribution in [3.63, 3.8) is 0 Å². The first kappa shape index (κ1) is 17.6. The van der Waals surface area contributed by atoms with E-state index in [2.05, 4.69) is 59.5 Å². The molecule has 4 nitrogen and oxygen atoms in total. The van der Waals surface area contributed by atoms with Crippen LogP contribution >= 0.6 is 0 Å². The van der Waals surface area contributed by atoms with E-state index >= 15 is 0 Å². The van der Waals surface area contributed by atoms with Gasteiger partial charge in [0.05, 0.1) is 0 Å². The Labute approximate surface area is 161 Å². The Morgan fingerprint density at radius 1 is 1.08 bits per heavy atom. The average molecular weight is 411 g/mol. The predicted molar refractivity (Wildman–Crippen MR) is 104 cm³/mol. The van der Waals surface area contributed by atoms with Crippen LogP contribution in [-0.4, -0.2) is 62.7 Å². The number of hydrogen-bond acceptors (Lipinski definition) is 3. The molecule has 2 atom stereocenters. The predicted octanol–water partition coefficient (Wildman–Crippen LogP) is 2.61. The van der Waals surface area contributed by atoms with Crippen molar-refractivity contribution >= 4 is 26.2 Å². The number of benzene rings is 2. The molecule has 2 aliphatic heterocycles. The molecule has 2 aliphatic rings. The van der Waals surface area contributed by atoms with E-state index in [9.17, 15) is 4.79 Å². The molecule has 5 heteroatoms. The minimum absolute atomic E-state index is 0.0672. The zero-order valence-electron chi connectivity index (χ0n) is 15.0. The van der Waals surface area contributed by atoms with Gasteiger partial charge in [-0.15, -0.1) is 0 Å². The summed E-state index contributed by atoms with van der Waals surface area (Å²) in [6.45, 7) is 4.73. The quantitative estimate of drug-likeness (QED) is 0.713. The molecular weight excluding hydrogens is 387 g/mol. The standard InChI is InChI=1S/C21H24AsN2O2/c1-2-26-21(25)23-13-12-19-22-18-11-7-6-10-17(18)20(24(19)15-14-23)16-8-4-3-5-9-16/h3-11,19-20H,2,12-15H2,1H3. The van der Waals surface area contributed by atoms with Gasteiger partial charge in [-0.2, -0.15) is 0 Å². The number of ether oxygens (including phenoxy) is 1. The molecule has 0 aromatic heterocycles. The molecule has 0 bridgehead atoms. The summed E-state index contributed by atoms with van der Waals surface area (Å²) in [4.78, 5) is 17.3. The van der Waals surface area contributed by atoms with Gasteiger partial charge in [-0.1, -0.05) is 0 Å². The SMILES string of the molecule is CCOC(=O)N1CCC2[As]c3ccccc3C(c3ccccc3)N2CC1. The molecule has 1 amide bonds. The van der Waals surface area contributed by atoms with Crippen LogP contribution in [0.25, 0.3) is 0 Å². The fourth-order valence-corrected chi connectivity index (χ4v) is 7.06. The Morgan fingerprint density at radius 2 is 1.85 bits per heavy atom. The molecule has 0 spiro atoms. The molecule has 0 N–H and O–H groups in total. The molecule has 26 heavy (non-hydrogen) atoms. The van der Waals surface area contributed by atoms with Crippen molar-refractivity contribution in [1.82, 2.24) is 9.80 Å². The second kappa shape index (κ2) is 7.85. The molecule has 2 unspecified atom stereocenters. The molecule has 135 valence electrons. The molecule has 2 aromatic rings. The van der Waals surface area contributed by atoms with Crippen LogP contribution in [-0.2, 0) is 4.74 Å². The number of rotatable bonds is 2. The third kappa shape index (κ3) is 3.41. The van der Waals surface area contributed by atoms with E-state index in [1.807, 2.05) is 11.8 Å². The number of nitrogens with zero attached hydrogens (tertiary/aromatic N) is 2. The van der Waals surface area contributed by atoms with Gasteiger partial charge in [0.15, 0.2) is 0 Å². The van der Waals surface area contributed by atoms with Crippen LogP contribution < -0.4 is 4.35 Å². The number of carbonyl (C=O) groups is 1. The Hall–Kier alpha value is -1.77. The van der Waals surface area contributed by atoms with Gasteiger partial charge in [-0.05, 0) is 0 Å². The van der Waals surface area contributed by atoms with Gasteiger partial charge < -0.3 is 0 Å². The topological polar surface area (TPSA) is 32.8 Å². The van der Waals surface area contributed by atoms with Crippen molar-refractivity contribution in [2.75, 3.05) is 26.2 Å². The van der Waals surface area contributed by atoms with Crippen LogP contribution in [0.2, 0.25) is 0 Å². The molecule has 1 fully saturated rings. The third-order valence-electron chi connectivity index (χ3n) is 5.16. The second-order valence-electron chi connectivity index (χ2n) is 6.69. The van der Waals surface area contributed by atoms with E-state index in [0.29, 0.717) is 11.4 Å². The summed E-state index contributed by atoms with van der Waals surface area (Å²) in [5.41, 5.74) is 2.79. The average Bonchev–Trinajstić information content (AvgIpc) is 2.89. The first-order valence-electron chi connectivity index (χ1n) is 9.30. The van der Waals surface area contributed by atoms with E-state index in [0.717, 1.165) is 26.1 Å². The summed E-state index contributed by atoms with van der Waals surface area (Å²) in [6, 6.07) is 20.0. The van der Waals surface area contributed by atoms with Crippen LogP contribution in [0.5, 0.6) is 0 Å². The van der Waals surface area contributed by atoms with Gasteiger partial charge in [-0.25, -0.2) is 0 Å². The Bertz CT molecular complexity index is 768.